The third-order valence-corrected chi connectivity index (χ3v) is 2.93. The van der Waals surface area contributed by atoms with Crippen LogP contribution in [0.3, 0.4) is 0 Å². The first kappa shape index (κ1) is 12.0. The van der Waals surface area contributed by atoms with Gasteiger partial charge in [-0.1, -0.05) is 26.7 Å². The average molecular weight is 200 g/mol. The standard InChI is InChI=1S/C12H24O2/c1-10(2)8-12(6-4-5-7-12)14-9-11(3)13/h10-11,13H,4-9H2,1-3H3. The summed E-state index contributed by atoms with van der Waals surface area (Å²) in [7, 11) is 0. The number of aliphatic hydroxyl groups excluding tert-OH is 1. The Bertz CT molecular complexity index is 158. The van der Waals surface area contributed by atoms with Crippen molar-refractivity contribution in [3.8, 4) is 0 Å². The Labute approximate surface area is 87.7 Å². The minimum Gasteiger partial charge on any atom is -0.391 e. The highest BCUT2D eigenvalue weighted by molar-refractivity contribution is 4.87. The first-order valence-electron chi connectivity index (χ1n) is 5.86. The molecule has 1 atom stereocenters. The van der Waals surface area contributed by atoms with Gasteiger partial charge in [-0.05, 0) is 32.1 Å². The van der Waals surface area contributed by atoms with Gasteiger partial charge in [0.25, 0.3) is 0 Å². The average Bonchev–Trinajstić information content (AvgIpc) is 2.49. The van der Waals surface area contributed by atoms with Gasteiger partial charge < -0.3 is 9.84 Å². The smallest absolute Gasteiger partial charge is 0.0745 e. The van der Waals surface area contributed by atoms with Crippen LogP contribution in [0.1, 0.15) is 52.9 Å². The molecule has 2 nitrogen and oxygen atoms in total. The molecule has 0 amide bonds. The molecule has 0 bridgehead atoms. The van der Waals surface area contributed by atoms with Crippen molar-refractivity contribution in [3.63, 3.8) is 0 Å². The molecule has 1 unspecified atom stereocenters. The maximum absolute atomic E-state index is 9.24. The van der Waals surface area contributed by atoms with E-state index >= 15 is 0 Å². The van der Waals surface area contributed by atoms with E-state index in [-0.39, 0.29) is 11.7 Å². The minimum atomic E-state index is -0.334. The molecule has 0 aromatic heterocycles. The van der Waals surface area contributed by atoms with Crippen molar-refractivity contribution in [1.82, 2.24) is 0 Å². The number of rotatable bonds is 5. The number of hydrogen-bond acceptors (Lipinski definition) is 2. The lowest BCUT2D eigenvalue weighted by molar-refractivity contribution is -0.0829. The van der Waals surface area contributed by atoms with Crippen molar-refractivity contribution in [1.29, 1.82) is 0 Å². The zero-order valence-corrected chi connectivity index (χ0v) is 9.75. The molecule has 84 valence electrons. The van der Waals surface area contributed by atoms with Gasteiger partial charge in [-0.25, -0.2) is 0 Å². The van der Waals surface area contributed by atoms with Crippen molar-refractivity contribution in [3.05, 3.63) is 0 Å². The van der Waals surface area contributed by atoms with Crippen molar-refractivity contribution >= 4 is 0 Å². The summed E-state index contributed by atoms with van der Waals surface area (Å²) in [6, 6.07) is 0. The van der Waals surface area contributed by atoms with E-state index in [4.69, 9.17) is 4.74 Å². The predicted molar refractivity (Wildman–Crippen MR) is 58.3 cm³/mol. The van der Waals surface area contributed by atoms with Gasteiger partial charge in [0.15, 0.2) is 0 Å². The summed E-state index contributed by atoms with van der Waals surface area (Å²) in [6.07, 6.45) is 5.73. The maximum Gasteiger partial charge on any atom is 0.0745 e. The molecule has 0 aromatic carbocycles. The summed E-state index contributed by atoms with van der Waals surface area (Å²) in [6.45, 7) is 6.77. The van der Waals surface area contributed by atoms with Crippen LogP contribution in [0, 0.1) is 5.92 Å². The molecular weight excluding hydrogens is 176 g/mol. The van der Waals surface area contributed by atoms with Crippen LogP contribution >= 0.6 is 0 Å². The highest BCUT2D eigenvalue weighted by atomic mass is 16.5. The predicted octanol–water partition coefficient (Wildman–Crippen LogP) is 2.74. The second-order valence-electron chi connectivity index (χ2n) is 5.15. The van der Waals surface area contributed by atoms with Crippen LogP contribution in [-0.4, -0.2) is 23.4 Å². The lowest BCUT2D eigenvalue weighted by Gasteiger charge is -2.31. The lowest BCUT2D eigenvalue weighted by Crippen LogP contribution is -2.33. The zero-order chi connectivity index (χ0) is 10.6. The molecule has 1 N–H and O–H groups in total. The van der Waals surface area contributed by atoms with Gasteiger partial charge in [0, 0.05) is 0 Å². The molecule has 2 heteroatoms. The van der Waals surface area contributed by atoms with Crippen LogP contribution < -0.4 is 0 Å². The quantitative estimate of drug-likeness (QED) is 0.739. The Morgan fingerprint density at radius 1 is 1.21 bits per heavy atom. The second kappa shape index (κ2) is 5.13. The van der Waals surface area contributed by atoms with E-state index in [1.165, 1.54) is 25.7 Å². The van der Waals surface area contributed by atoms with Crippen LogP contribution in [0.15, 0.2) is 0 Å². The summed E-state index contributed by atoms with van der Waals surface area (Å²) in [5.74, 6) is 0.682. The fourth-order valence-electron chi connectivity index (χ4n) is 2.47. The van der Waals surface area contributed by atoms with Gasteiger partial charge in [-0.3, -0.25) is 0 Å². The molecule has 1 aliphatic rings. The molecule has 0 aromatic rings. The van der Waals surface area contributed by atoms with Gasteiger partial charge in [0.05, 0.1) is 18.3 Å². The van der Waals surface area contributed by atoms with Crippen molar-refractivity contribution in [2.45, 2.75) is 64.6 Å². The third-order valence-electron chi connectivity index (χ3n) is 2.93. The topological polar surface area (TPSA) is 29.5 Å². The van der Waals surface area contributed by atoms with Gasteiger partial charge in [-0.15, -0.1) is 0 Å². The lowest BCUT2D eigenvalue weighted by atomic mass is 9.90. The highest BCUT2D eigenvalue weighted by Gasteiger charge is 2.35. The molecule has 0 aliphatic heterocycles. The number of ether oxygens (including phenoxy) is 1. The van der Waals surface area contributed by atoms with Crippen molar-refractivity contribution in [2.24, 2.45) is 5.92 Å². The summed E-state index contributed by atoms with van der Waals surface area (Å²) in [4.78, 5) is 0. The Hall–Kier alpha value is -0.0800. The summed E-state index contributed by atoms with van der Waals surface area (Å²) < 4.78 is 5.91. The van der Waals surface area contributed by atoms with Gasteiger partial charge in [0.1, 0.15) is 0 Å². The fourth-order valence-corrected chi connectivity index (χ4v) is 2.47. The summed E-state index contributed by atoms with van der Waals surface area (Å²) in [5.41, 5.74) is 0.0884. The van der Waals surface area contributed by atoms with Crippen LogP contribution in [-0.2, 0) is 4.74 Å². The van der Waals surface area contributed by atoms with Crippen LogP contribution in [0.2, 0.25) is 0 Å². The van der Waals surface area contributed by atoms with Crippen LogP contribution in [0.4, 0.5) is 0 Å². The molecular formula is C12H24O2. The maximum atomic E-state index is 9.24. The van der Waals surface area contributed by atoms with Crippen LogP contribution in [0.5, 0.6) is 0 Å². The zero-order valence-electron chi connectivity index (χ0n) is 9.75. The molecule has 0 spiro atoms. The Balaban J connectivity index is 2.44. The van der Waals surface area contributed by atoms with E-state index in [1.54, 1.807) is 6.92 Å². The normalized spacial score (nSPS) is 22.9. The van der Waals surface area contributed by atoms with Crippen molar-refractivity contribution < 1.29 is 9.84 Å². The van der Waals surface area contributed by atoms with Gasteiger partial charge >= 0.3 is 0 Å². The van der Waals surface area contributed by atoms with E-state index < -0.39 is 0 Å². The van der Waals surface area contributed by atoms with E-state index in [1.807, 2.05) is 0 Å². The monoisotopic (exact) mass is 200 g/mol. The number of hydrogen-bond donors (Lipinski definition) is 1. The Kier molecular flexibility index (Phi) is 4.39. The molecule has 0 saturated heterocycles. The fraction of sp³-hybridized carbons (Fsp3) is 1.00. The van der Waals surface area contributed by atoms with E-state index in [0.29, 0.717) is 12.5 Å². The molecule has 1 saturated carbocycles. The first-order valence-corrected chi connectivity index (χ1v) is 5.86. The minimum absolute atomic E-state index is 0.0884. The van der Waals surface area contributed by atoms with Crippen LogP contribution in [0.25, 0.3) is 0 Å². The molecule has 0 heterocycles. The Morgan fingerprint density at radius 2 is 1.79 bits per heavy atom. The second-order valence-corrected chi connectivity index (χ2v) is 5.15. The Morgan fingerprint density at radius 3 is 2.21 bits per heavy atom. The number of aliphatic hydroxyl groups is 1. The largest absolute Gasteiger partial charge is 0.391 e. The van der Waals surface area contributed by atoms with Crippen molar-refractivity contribution in [2.75, 3.05) is 6.61 Å². The highest BCUT2D eigenvalue weighted by Crippen LogP contribution is 2.38. The summed E-state index contributed by atoms with van der Waals surface area (Å²) >= 11 is 0. The first-order chi connectivity index (χ1) is 6.54. The summed E-state index contributed by atoms with van der Waals surface area (Å²) in [5, 5.41) is 9.24. The molecule has 1 rings (SSSR count). The SMILES string of the molecule is CC(C)CC1(OCC(C)O)CCCC1. The van der Waals surface area contributed by atoms with Gasteiger partial charge in [-0.2, -0.15) is 0 Å². The molecule has 0 radical (unpaired) electrons. The van der Waals surface area contributed by atoms with E-state index in [2.05, 4.69) is 13.8 Å². The molecule has 1 fully saturated rings. The molecule has 1 aliphatic carbocycles. The van der Waals surface area contributed by atoms with E-state index in [0.717, 1.165) is 6.42 Å². The third kappa shape index (κ3) is 3.58. The van der Waals surface area contributed by atoms with E-state index in [9.17, 15) is 5.11 Å². The molecule has 14 heavy (non-hydrogen) atoms. The van der Waals surface area contributed by atoms with Gasteiger partial charge in [0.2, 0.25) is 0 Å².